The third-order valence-corrected chi connectivity index (χ3v) is 5.34. The van der Waals surface area contributed by atoms with E-state index in [9.17, 15) is 4.39 Å². The maximum atomic E-state index is 13.8. The molecule has 0 fully saturated rings. The van der Waals surface area contributed by atoms with E-state index in [2.05, 4.69) is 20.9 Å². The average molecular weight is 357 g/mol. The number of benzene rings is 1. The van der Waals surface area contributed by atoms with E-state index in [1.54, 1.807) is 6.20 Å². The highest BCUT2D eigenvalue weighted by molar-refractivity contribution is 9.10. The molecule has 2 aromatic rings. The van der Waals surface area contributed by atoms with Crippen molar-refractivity contribution >= 4 is 27.5 Å². The minimum atomic E-state index is -0.636. The molecule has 2 atom stereocenters. The molecule has 1 aliphatic heterocycles. The van der Waals surface area contributed by atoms with Crippen molar-refractivity contribution in [2.24, 2.45) is 0 Å². The lowest BCUT2D eigenvalue weighted by Crippen LogP contribution is -2.31. The van der Waals surface area contributed by atoms with Crippen LogP contribution in [0.1, 0.15) is 31.0 Å². The Hall–Kier alpha value is -1.13. The summed E-state index contributed by atoms with van der Waals surface area (Å²) in [4.78, 5) is 4.37. The molecular weight excluding hydrogens is 345 g/mol. The molecule has 0 radical (unpaired) electrons. The number of hydrogen-bond donors (Lipinski definition) is 0. The van der Waals surface area contributed by atoms with Gasteiger partial charge in [-0.2, -0.15) is 0 Å². The van der Waals surface area contributed by atoms with Crippen molar-refractivity contribution < 1.29 is 9.13 Å². The van der Waals surface area contributed by atoms with Crippen LogP contribution < -0.4 is 4.74 Å². The quantitative estimate of drug-likeness (QED) is 0.667. The Morgan fingerprint density at radius 2 is 2.20 bits per heavy atom. The van der Waals surface area contributed by atoms with Crippen LogP contribution in [0.5, 0.6) is 5.75 Å². The number of rotatable bonds is 1. The fourth-order valence-corrected chi connectivity index (χ4v) is 3.48. The van der Waals surface area contributed by atoms with Crippen LogP contribution in [0.15, 0.2) is 34.9 Å². The van der Waals surface area contributed by atoms with E-state index in [1.165, 1.54) is 6.07 Å². The van der Waals surface area contributed by atoms with E-state index in [0.29, 0.717) is 10.2 Å². The van der Waals surface area contributed by atoms with Gasteiger partial charge in [-0.3, -0.25) is 4.98 Å². The highest BCUT2D eigenvalue weighted by Gasteiger charge is 2.46. The molecule has 1 aliphatic rings. The van der Waals surface area contributed by atoms with E-state index in [4.69, 9.17) is 16.3 Å². The van der Waals surface area contributed by atoms with Gasteiger partial charge in [0.25, 0.3) is 0 Å². The first-order valence-electron chi connectivity index (χ1n) is 6.23. The molecule has 2 nitrogen and oxygen atoms in total. The lowest BCUT2D eigenvalue weighted by atomic mass is 9.84. The van der Waals surface area contributed by atoms with Crippen molar-refractivity contribution in [1.29, 1.82) is 0 Å². The number of aromatic nitrogens is 1. The van der Waals surface area contributed by atoms with Crippen LogP contribution in [0.4, 0.5) is 4.39 Å². The van der Waals surface area contributed by atoms with Gasteiger partial charge in [0, 0.05) is 28.2 Å². The van der Waals surface area contributed by atoms with Crippen LogP contribution in [0, 0.1) is 5.82 Å². The van der Waals surface area contributed by atoms with Gasteiger partial charge in [0.05, 0.1) is 10.7 Å². The summed E-state index contributed by atoms with van der Waals surface area (Å²) in [6.07, 6.45) is 1.72. The number of pyridine rings is 1. The lowest BCUT2D eigenvalue weighted by Gasteiger charge is -2.28. The summed E-state index contributed by atoms with van der Waals surface area (Å²) >= 11 is 9.35. The minimum absolute atomic E-state index is 0.000116. The van der Waals surface area contributed by atoms with Crippen LogP contribution in [-0.4, -0.2) is 4.98 Å². The van der Waals surface area contributed by atoms with Gasteiger partial charge >= 0.3 is 0 Å². The number of hydrogen-bond acceptors (Lipinski definition) is 2. The van der Waals surface area contributed by atoms with E-state index in [-0.39, 0.29) is 10.9 Å². The summed E-state index contributed by atoms with van der Waals surface area (Å²) in [7, 11) is 0. The lowest BCUT2D eigenvalue weighted by molar-refractivity contribution is 0.0872. The first-order valence-corrected chi connectivity index (χ1v) is 7.40. The molecule has 1 aromatic heterocycles. The zero-order chi connectivity index (χ0) is 14.5. The molecule has 0 unspecified atom stereocenters. The first-order chi connectivity index (χ1) is 9.45. The fraction of sp³-hybridized carbons (Fsp3) is 0.267. The predicted octanol–water partition coefficient (Wildman–Crippen LogP) is 5.05. The number of ether oxygens (including phenoxy) is 1. The number of nitrogens with zero attached hydrogens (tertiary/aromatic N) is 1. The van der Waals surface area contributed by atoms with Crippen LogP contribution >= 0.6 is 27.5 Å². The standard InChI is InChI=1S/C15H12BrClFNO/c1-8-12-10(7-9(18)14(17)13(12)16)20-15(8,2)11-5-3-4-6-19-11/h3-8H,1-2H3/t8-,15+/m0/s1. The van der Waals surface area contributed by atoms with E-state index in [0.717, 1.165) is 11.3 Å². The highest BCUT2D eigenvalue weighted by Crippen LogP contribution is 2.53. The van der Waals surface area contributed by atoms with Gasteiger partial charge in [0.2, 0.25) is 0 Å². The van der Waals surface area contributed by atoms with Gasteiger partial charge in [0.15, 0.2) is 5.60 Å². The van der Waals surface area contributed by atoms with Crippen molar-refractivity contribution in [1.82, 2.24) is 4.98 Å². The second kappa shape index (κ2) is 4.71. The van der Waals surface area contributed by atoms with Gasteiger partial charge in [-0.15, -0.1) is 0 Å². The molecule has 1 aromatic carbocycles. The molecule has 2 heterocycles. The third kappa shape index (κ3) is 1.85. The van der Waals surface area contributed by atoms with Crippen molar-refractivity contribution in [3.8, 4) is 5.75 Å². The monoisotopic (exact) mass is 355 g/mol. The largest absolute Gasteiger partial charge is 0.480 e. The predicted molar refractivity (Wildman–Crippen MR) is 79.7 cm³/mol. The summed E-state index contributed by atoms with van der Waals surface area (Å²) < 4.78 is 20.3. The molecule has 0 N–H and O–H groups in total. The average Bonchev–Trinajstić information content (AvgIpc) is 2.70. The highest BCUT2D eigenvalue weighted by atomic mass is 79.9. The summed E-state index contributed by atoms with van der Waals surface area (Å²) in [5, 5.41) is 0.0875. The van der Waals surface area contributed by atoms with Crippen molar-refractivity contribution in [3.63, 3.8) is 0 Å². The van der Waals surface area contributed by atoms with Crippen LogP contribution in [0.25, 0.3) is 0 Å². The molecular formula is C15H12BrClFNO. The Labute approximate surface area is 130 Å². The van der Waals surface area contributed by atoms with Crippen LogP contribution in [-0.2, 0) is 5.60 Å². The minimum Gasteiger partial charge on any atom is -0.480 e. The SMILES string of the molecule is C[C@H]1c2c(cc(F)c(Cl)c2Br)O[C@@]1(C)c1ccccn1. The molecule has 0 amide bonds. The molecule has 0 saturated carbocycles. The second-order valence-corrected chi connectivity index (χ2v) is 6.21. The zero-order valence-corrected chi connectivity index (χ0v) is 13.3. The maximum absolute atomic E-state index is 13.8. The zero-order valence-electron chi connectivity index (χ0n) is 11.0. The molecule has 0 bridgehead atoms. The Morgan fingerprint density at radius 1 is 1.45 bits per heavy atom. The number of halogens is 3. The van der Waals surface area contributed by atoms with Crippen LogP contribution in [0.3, 0.4) is 0 Å². The van der Waals surface area contributed by atoms with Crippen molar-refractivity contribution in [2.75, 3.05) is 0 Å². The molecule has 0 spiro atoms. The maximum Gasteiger partial charge on any atom is 0.155 e. The Morgan fingerprint density at radius 3 is 2.85 bits per heavy atom. The first kappa shape index (κ1) is 13.8. The van der Waals surface area contributed by atoms with Gasteiger partial charge in [-0.1, -0.05) is 24.6 Å². The number of fused-ring (bicyclic) bond motifs is 1. The molecule has 5 heteroatoms. The molecule has 3 rings (SSSR count). The molecule has 20 heavy (non-hydrogen) atoms. The van der Waals surface area contributed by atoms with Crippen molar-refractivity contribution in [2.45, 2.75) is 25.4 Å². The molecule has 0 aliphatic carbocycles. The van der Waals surface area contributed by atoms with Crippen molar-refractivity contribution in [3.05, 3.63) is 57.0 Å². The van der Waals surface area contributed by atoms with E-state index < -0.39 is 11.4 Å². The summed E-state index contributed by atoms with van der Waals surface area (Å²) in [6.45, 7) is 3.98. The van der Waals surface area contributed by atoms with Gasteiger partial charge in [-0.25, -0.2) is 4.39 Å². The van der Waals surface area contributed by atoms with E-state index >= 15 is 0 Å². The Bertz CT molecular complexity index is 679. The van der Waals surface area contributed by atoms with Gasteiger partial charge in [-0.05, 0) is 35.0 Å². The van der Waals surface area contributed by atoms with Gasteiger partial charge in [0.1, 0.15) is 11.6 Å². The summed E-state index contributed by atoms with van der Waals surface area (Å²) in [5.74, 6) is 0.0223. The fourth-order valence-electron chi connectivity index (χ4n) is 2.60. The van der Waals surface area contributed by atoms with Crippen LogP contribution in [0.2, 0.25) is 5.02 Å². The second-order valence-electron chi connectivity index (χ2n) is 5.04. The van der Waals surface area contributed by atoms with E-state index in [1.807, 2.05) is 32.0 Å². The topological polar surface area (TPSA) is 22.1 Å². The smallest absolute Gasteiger partial charge is 0.155 e. The Balaban J connectivity index is 2.16. The molecule has 104 valence electrons. The normalized spacial score (nSPS) is 24.4. The molecule has 0 saturated heterocycles. The van der Waals surface area contributed by atoms with Gasteiger partial charge < -0.3 is 4.74 Å². The summed E-state index contributed by atoms with van der Waals surface area (Å²) in [5.41, 5.74) is 1.06. The summed E-state index contributed by atoms with van der Waals surface area (Å²) in [6, 6.07) is 7.02. The Kier molecular flexibility index (Phi) is 3.26. The third-order valence-electron chi connectivity index (χ3n) is 3.92.